The zero-order valence-electron chi connectivity index (χ0n) is 10.6. The third kappa shape index (κ3) is 2.40. The molecule has 5 nitrogen and oxygen atoms in total. The van der Waals surface area contributed by atoms with E-state index >= 15 is 0 Å². The predicted octanol–water partition coefficient (Wildman–Crippen LogP) is 1.80. The van der Waals surface area contributed by atoms with E-state index in [2.05, 4.69) is 14.7 Å². The van der Waals surface area contributed by atoms with Gasteiger partial charge in [0.15, 0.2) is 6.61 Å². The summed E-state index contributed by atoms with van der Waals surface area (Å²) in [5.41, 5.74) is 1.64. The van der Waals surface area contributed by atoms with E-state index in [0.717, 1.165) is 10.9 Å². The highest BCUT2D eigenvalue weighted by Gasteiger charge is 2.10. The van der Waals surface area contributed by atoms with Crippen LogP contribution in [0.25, 0.3) is 10.9 Å². The Bertz CT molecular complexity index is 591. The maximum Gasteiger partial charge on any atom is 0.343 e. The molecular weight excluding hydrogens is 232 g/mol. The third-order valence-corrected chi connectivity index (χ3v) is 2.59. The number of aromatic nitrogens is 2. The molecule has 0 atom stereocenters. The molecule has 2 aromatic rings. The molecule has 0 aliphatic heterocycles. The molecule has 1 aromatic heterocycles. The number of aryl methyl sites for hydroxylation is 2. The smallest absolute Gasteiger partial charge is 0.343 e. The molecular formula is C13H14N2O3. The molecule has 0 N–H and O–H groups in total. The van der Waals surface area contributed by atoms with Crippen molar-refractivity contribution in [2.75, 3.05) is 13.7 Å². The maximum atomic E-state index is 11.1. The van der Waals surface area contributed by atoms with Crippen molar-refractivity contribution < 1.29 is 14.3 Å². The molecule has 0 bridgehead atoms. The maximum absolute atomic E-state index is 11.1. The molecule has 0 spiro atoms. The molecule has 1 heterocycles. The zero-order chi connectivity index (χ0) is 13.1. The van der Waals surface area contributed by atoms with Gasteiger partial charge in [0.1, 0.15) is 17.1 Å². The average molecular weight is 246 g/mol. The van der Waals surface area contributed by atoms with Crippen LogP contribution in [0.4, 0.5) is 0 Å². The van der Waals surface area contributed by atoms with Crippen molar-refractivity contribution in [2.24, 2.45) is 0 Å². The number of esters is 1. The van der Waals surface area contributed by atoms with Gasteiger partial charge in [-0.2, -0.15) is 0 Å². The van der Waals surface area contributed by atoms with Crippen molar-refractivity contribution in [1.29, 1.82) is 0 Å². The normalized spacial score (nSPS) is 10.4. The lowest BCUT2D eigenvalue weighted by Gasteiger charge is -2.10. The van der Waals surface area contributed by atoms with Gasteiger partial charge >= 0.3 is 5.97 Å². The molecule has 0 amide bonds. The Labute approximate surface area is 105 Å². The first-order valence-electron chi connectivity index (χ1n) is 5.54. The lowest BCUT2D eigenvalue weighted by molar-refractivity contribution is -0.142. The van der Waals surface area contributed by atoms with Crippen LogP contribution in [0.5, 0.6) is 5.75 Å². The van der Waals surface area contributed by atoms with Crippen LogP contribution in [0.15, 0.2) is 18.3 Å². The van der Waals surface area contributed by atoms with E-state index in [-0.39, 0.29) is 6.61 Å². The molecule has 0 unspecified atom stereocenters. The fourth-order valence-electron chi connectivity index (χ4n) is 1.63. The van der Waals surface area contributed by atoms with Crippen LogP contribution in [-0.2, 0) is 9.53 Å². The van der Waals surface area contributed by atoms with Crippen molar-refractivity contribution in [3.8, 4) is 5.75 Å². The Hall–Kier alpha value is -2.17. The van der Waals surface area contributed by atoms with E-state index in [1.807, 2.05) is 26.0 Å². The number of nitrogens with zero attached hydrogens (tertiary/aromatic N) is 2. The minimum atomic E-state index is -0.419. The number of methoxy groups -OCH3 is 1. The first-order valence-corrected chi connectivity index (χ1v) is 5.54. The van der Waals surface area contributed by atoms with Crippen molar-refractivity contribution >= 4 is 16.9 Å². The lowest BCUT2D eigenvalue weighted by atomic mass is 10.1. The van der Waals surface area contributed by atoms with Gasteiger partial charge in [-0.1, -0.05) is 12.1 Å². The van der Waals surface area contributed by atoms with Crippen LogP contribution in [0.1, 0.15) is 11.4 Å². The SMILES string of the molecule is COC(=O)COc1c(C)ccc2cnc(C)nc12. The highest BCUT2D eigenvalue weighted by Crippen LogP contribution is 2.27. The van der Waals surface area contributed by atoms with Crippen LogP contribution in [0.3, 0.4) is 0 Å². The summed E-state index contributed by atoms with van der Waals surface area (Å²) in [4.78, 5) is 19.6. The summed E-state index contributed by atoms with van der Waals surface area (Å²) >= 11 is 0. The van der Waals surface area contributed by atoms with Gasteiger partial charge in [-0.25, -0.2) is 14.8 Å². The third-order valence-electron chi connectivity index (χ3n) is 2.59. The van der Waals surface area contributed by atoms with E-state index in [1.165, 1.54) is 7.11 Å². The summed E-state index contributed by atoms with van der Waals surface area (Å²) in [6.45, 7) is 3.59. The fraction of sp³-hybridized carbons (Fsp3) is 0.308. The van der Waals surface area contributed by atoms with Gasteiger partial charge in [-0.05, 0) is 19.4 Å². The van der Waals surface area contributed by atoms with E-state index < -0.39 is 5.97 Å². The van der Waals surface area contributed by atoms with E-state index in [4.69, 9.17) is 4.74 Å². The zero-order valence-corrected chi connectivity index (χ0v) is 10.6. The molecule has 0 fully saturated rings. The van der Waals surface area contributed by atoms with Crippen molar-refractivity contribution in [1.82, 2.24) is 9.97 Å². The van der Waals surface area contributed by atoms with Gasteiger partial charge in [-0.15, -0.1) is 0 Å². The number of carbonyl (C=O) groups is 1. The summed E-state index contributed by atoms with van der Waals surface area (Å²) in [6, 6.07) is 3.84. The summed E-state index contributed by atoms with van der Waals surface area (Å²) in [7, 11) is 1.33. The van der Waals surface area contributed by atoms with Gasteiger partial charge in [0.05, 0.1) is 7.11 Å². The second-order valence-corrected chi connectivity index (χ2v) is 3.93. The molecule has 94 valence electrons. The lowest BCUT2D eigenvalue weighted by Crippen LogP contribution is -2.13. The van der Waals surface area contributed by atoms with Gasteiger partial charge in [-0.3, -0.25) is 0 Å². The van der Waals surface area contributed by atoms with Crippen LogP contribution in [0, 0.1) is 13.8 Å². The summed E-state index contributed by atoms with van der Waals surface area (Å²) in [5, 5.41) is 0.881. The first-order chi connectivity index (χ1) is 8.61. The van der Waals surface area contributed by atoms with Crippen molar-refractivity contribution in [3.05, 3.63) is 29.7 Å². The molecule has 0 radical (unpaired) electrons. The highest BCUT2D eigenvalue weighted by molar-refractivity contribution is 5.85. The van der Waals surface area contributed by atoms with Gasteiger partial charge < -0.3 is 9.47 Å². The summed E-state index contributed by atoms with van der Waals surface area (Å²) in [5.74, 6) is 0.844. The minimum absolute atomic E-state index is 0.125. The first kappa shape index (κ1) is 12.3. The number of benzene rings is 1. The molecule has 1 aromatic carbocycles. The predicted molar refractivity (Wildman–Crippen MR) is 66.5 cm³/mol. The number of rotatable bonds is 3. The Balaban J connectivity index is 2.43. The van der Waals surface area contributed by atoms with Crippen molar-refractivity contribution in [3.63, 3.8) is 0 Å². The van der Waals surface area contributed by atoms with Gasteiger partial charge in [0.25, 0.3) is 0 Å². The van der Waals surface area contributed by atoms with Crippen LogP contribution in [-0.4, -0.2) is 29.7 Å². The number of carbonyl (C=O) groups excluding carboxylic acids is 1. The molecule has 5 heteroatoms. The number of fused-ring (bicyclic) bond motifs is 1. The fourth-order valence-corrected chi connectivity index (χ4v) is 1.63. The molecule has 0 saturated heterocycles. The standard InChI is InChI=1S/C13H14N2O3/c1-8-4-5-10-6-14-9(2)15-12(10)13(8)18-7-11(16)17-3/h4-6H,7H2,1-3H3. The van der Waals surface area contributed by atoms with Crippen molar-refractivity contribution in [2.45, 2.75) is 13.8 Å². The molecule has 0 saturated carbocycles. The largest absolute Gasteiger partial charge is 0.479 e. The van der Waals surface area contributed by atoms with E-state index in [0.29, 0.717) is 17.1 Å². The van der Waals surface area contributed by atoms with E-state index in [9.17, 15) is 4.79 Å². The van der Waals surface area contributed by atoms with Gasteiger partial charge in [0, 0.05) is 11.6 Å². The second kappa shape index (κ2) is 5.00. The van der Waals surface area contributed by atoms with Gasteiger partial charge in [0.2, 0.25) is 0 Å². The number of ether oxygens (including phenoxy) is 2. The molecule has 18 heavy (non-hydrogen) atoms. The number of hydrogen-bond donors (Lipinski definition) is 0. The Morgan fingerprint density at radius 1 is 1.33 bits per heavy atom. The number of hydrogen-bond acceptors (Lipinski definition) is 5. The Morgan fingerprint density at radius 2 is 2.11 bits per heavy atom. The monoisotopic (exact) mass is 246 g/mol. The average Bonchev–Trinajstić information content (AvgIpc) is 2.37. The topological polar surface area (TPSA) is 61.3 Å². The minimum Gasteiger partial charge on any atom is -0.479 e. The van der Waals surface area contributed by atoms with Crippen LogP contribution >= 0.6 is 0 Å². The summed E-state index contributed by atoms with van der Waals surface area (Å²) in [6.07, 6.45) is 1.74. The van der Waals surface area contributed by atoms with Crippen LogP contribution < -0.4 is 4.74 Å². The Kier molecular flexibility index (Phi) is 3.41. The van der Waals surface area contributed by atoms with E-state index in [1.54, 1.807) is 6.20 Å². The molecule has 0 aliphatic rings. The molecule has 2 rings (SSSR count). The Morgan fingerprint density at radius 3 is 2.83 bits per heavy atom. The second-order valence-electron chi connectivity index (χ2n) is 3.93. The van der Waals surface area contributed by atoms with Crippen LogP contribution in [0.2, 0.25) is 0 Å². The summed E-state index contributed by atoms with van der Waals surface area (Å²) < 4.78 is 10.0. The highest BCUT2D eigenvalue weighted by atomic mass is 16.6. The quantitative estimate of drug-likeness (QED) is 0.773. The molecule has 0 aliphatic carbocycles.